The van der Waals surface area contributed by atoms with Crippen LogP contribution >= 0.6 is 11.3 Å². The average molecular weight is 263 g/mol. The van der Waals surface area contributed by atoms with Crippen LogP contribution in [0.15, 0.2) is 11.7 Å². The van der Waals surface area contributed by atoms with Crippen molar-refractivity contribution in [1.82, 2.24) is 15.0 Å². The summed E-state index contributed by atoms with van der Waals surface area (Å²) in [5, 5.41) is 6.36. The highest BCUT2D eigenvalue weighted by Crippen LogP contribution is 2.26. The Hall–Kier alpha value is -1.69. The summed E-state index contributed by atoms with van der Waals surface area (Å²) in [4.78, 5) is 12.7. The first kappa shape index (κ1) is 12.8. The molecule has 0 aliphatic heterocycles. The number of anilines is 2. The van der Waals surface area contributed by atoms with E-state index in [1.165, 1.54) is 6.33 Å². The van der Waals surface area contributed by atoms with E-state index in [0.29, 0.717) is 12.4 Å². The summed E-state index contributed by atoms with van der Waals surface area (Å²) in [6, 6.07) is 0. The average Bonchev–Trinajstić information content (AvgIpc) is 2.72. The Morgan fingerprint density at radius 3 is 2.78 bits per heavy atom. The van der Waals surface area contributed by atoms with Crippen molar-refractivity contribution in [2.45, 2.75) is 33.2 Å². The van der Waals surface area contributed by atoms with Crippen molar-refractivity contribution < 1.29 is 0 Å². The van der Waals surface area contributed by atoms with Gasteiger partial charge in [0.05, 0.1) is 6.54 Å². The molecule has 2 aromatic rings. The minimum Gasteiger partial charge on any atom is -0.383 e. The van der Waals surface area contributed by atoms with Gasteiger partial charge in [0.1, 0.15) is 23.0 Å². The first-order valence-electron chi connectivity index (χ1n) is 5.83. The number of aryl methyl sites for hydroxylation is 1. The molecule has 2 rings (SSSR count). The third kappa shape index (κ3) is 2.76. The maximum Gasteiger partial charge on any atom is 0.135 e. The molecule has 2 heterocycles. The van der Waals surface area contributed by atoms with Gasteiger partial charge in [0, 0.05) is 16.6 Å². The fourth-order valence-electron chi connectivity index (χ4n) is 1.76. The third-order valence-electron chi connectivity index (χ3n) is 2.57. The number of thiazole rings is 1. The Kier molecular flexibility index (Phi) is 3.76. The Morgan fingerprint density at radius 2 is 2.17 bits per heavy atom. The highest BCUT2D eigenvalue weighted by atomic mass is 32.1. The predicted molar refractivity (Wildman–Crippen MR) is 74.7 cm³/mol. The lowest BCUT2D eigenvalue weighted by Gasteiger charge is -2.14. The minimum absolute atomic E-state index is 0.284. The van der Waals surface area contributed by atoms with Gasteiger partial charge in [-0.25, -0.2) is 15.0 Å². The molecule has 5 nitrogen and oxygen atoms in total. The number of hydrogen-bond acceptors (Lipinski definition) is 6. The van der Waals surface area contributed by atoms with E-state index in [-0.39, 0.29) is 5.92 Å². The summed E-state index contributed by atoms with van der Waals surface area (Å²) in [5.41, 5.74) is 7.90. The number of hydrogen-bond donors (Lipinski definition) is 2. The van der Waals surface area contributed by atoms with Crippen LogP contribution in [0.1, 0.15) is 36.0 Å². The Balaban J connectivity index is 2.16. The molecule has 18 heavy (non-hydrogen) atoms. The van der Waals surface area contributed by atoms with Gasteiger partial charge in [0.15, 0.2) is 0 Å². The van der Waals surface area contributed by atoms with Gasteiger partial charge in [-0.1, -0.05) is 13.8 Å². The molecule has 0 amide bonds. The first-order chi connectivity index (χ1) is 8.58. The monoisotopic (exact) mass is 263 g/mol. The van der Waals surface area contributed by atoms with Crippen molar-refractivity contribution in [3.8, 4) is 0 Å². The van der Waals surface area contributed by atoms with E-state index in [0.717, 1.165) is 22.1 Å². The van der Waals surface area contributed by atoms with Gasteiger partial charge < -0.3 is 11.1 Å². The van der Waals surface area contributed by atoms with Crippen LogP contribution in [0, 0.1) is 6.92 Å². The van der Waals surface area contributed by atoms with E-state index in [4.69, 9.17) is 5.73 Å². The fourth-order valence-corrected chi connectivity index (χ4v) is 2.47. The predicted octanol–water partition coefficient (Wildman–Crippen LogP) is 2.56. The summed E-state index contributed by atoms with van der Waals surface area (Å²) in [6.07, 6.45) is 1.48. The molecule has 0 aromatic carbocycles. The van der Waals surface area contributed by atoms with Crippen molar-refractivity contribution in [1.29, 1.82) is 0 Å². The van der Waals surface area contributed by atoms with Crippen molar-refractivity contribution in [2.75, 3.05) is 11.1 Å². The number of rotatable bonds is 4. The van der Waals surface area contributed by atoms with Gasteiger partial charge in [-0.3, -0.25) is 0 Å². The van der Waals surface area contributed by atoms with Crippen LogP contribution in [0.25, 0.3) is 0 Å². The molecule has 0 saturated heterocycles. The zero-order valence-corrected chi connectivity index (χ0v) is 11.6. The normalized spacial score (nSPS) is 10.9. The number of aromatic nitrogens is 3. The largest absolute Gasteiger partial charge is 0.383 e. The van der Waals surface area contributed by atoms with E-state index in [2.05, 4.69) is 34.1 Å². The minimum atomic E-state index is 0.284. The summed E-state index contributed by atoms with van der Waals surface area (Å²) >= 11 is 1.64. The molecule has 0 atom stereocenters. The molecule has 0 bridgehead atoms. The van der Waals surface area contributed by atoms with Gasteiger partial charge in [-0.2, -0.15) is 0 Å². The fraction of sp³-hybridized carbons (Fsp3) is 0.417. The van der Waals surface area contributed by atoms with Gasteiger partial charge in [0.25, 0.3) is 0 Å². The van der Waals surface area contributed by atoms with Crippen molar-refractivity contribution in [3.05, 3.63) is 28.0 Å². The van der Waals surface area contributed by atoms with E-state index in [1.807, 2.05) is 12.3 Å². The smallest absolute Gasteiger partial charge is 0.135 e. The van der Waals surface area contributed by atoms with Crippen LogP contribution in [0.5, 0.6) is 0 Å². The maximum absolute atomic E-state index is 5.89. The Labute approximate surface area is 111 Å². The molecule has 0 saturated carbocycles. The number of nitrogens with two attached hydrogens (primary N) is 1. The van der Waals surface area contributed by atoms with Gasteiger partial charge >= 0.3 is 0 Å². The quantitative estimate of drug-likeness (QED) is 0.886. The third-order valence-corrected chi connectivity index (χ3v) is 3.53. The van der Waals surface area contributed by atoms with Crippen molar-refractivity contribution in [2.24, 2.45) is 0 Å². The van der Waals surface area contributed by atoms with E-state index < -0.39 is 0 Å². The molecule has 0 unspecified atom stereocenters. The standard InChI is InChI=1S/C12H17N5S/c1-7(2)10-11(13)15-6-16-12(10)14-4-9-17-8(3)5-18-9/h5-7H,4H2,1-3H3,(H3,13,14,15,16). The molecule has 0 fully saturated rings. The van der Waals surface area contributed by atoms with E-state index in [9.17, 15) is 0 Å². The molecule has 0 aliphatic rings. The SMILES string of the molecule is Cc1csc(CNc2ncnc(N)c2C(C)C)n1. The van der Waals surface area contributed by atoms with Crippen LogP contribution in [0.4, 0.5) is 11.6 Å². The molecule has 2 aromatic heterocycles. The second-order valence-electron chi connectivity index (χ2n) is 4.41. The maximum atomic E-state index is 5.89. The first-order valence-corrected chi connectivity index (χ1v) is 6.71. The molecular formula is C12H17N5S. The van der Waals surface area contributed by atoms with E-state index in [1.54, 1.807) is 11.3 Å². The second kappa shape index (κ2) is 5.30. The Bertz CT molecular complexity index is 535. The van der Waals surface area contributed by atoms with Crippen LogP contribution in [-0.2, 0) is 6.54 Å². The summed E-state index contributed by atoms with van der Waals surface area (Å²) in [5.74, 6) is 1.62. The van der Waals surface area contributed by atoms with Crippen LogP contribution in [-0.4, -0.2) is 15.0 Å². The highest BCUT2D eigenvalue weighted by Gasteiger charge is 2.12. The molecule has 96 valence electrons. The van der Waals surface area contributed by atoms with Crippen LogP contribution < -0.4 is 11.1 Å². The second-order valence-corrected chi connectivity index (χ2v) is 5.35. The molecule has 6 heteroatoms. The number of nitrogen functional groups attached to an aromatic ring is 1. The van der Waals surface area contributed by atoms with Gasteiger partial charge in [-0.05, 0) is 12.8 Å². The molecule has 3 N–H and O–H groups in total. The molecular weight excluding hydrogens is 246 g/mol. The van der Waals surface area contributed by atoms with Gasteiger partial charge in [0.2, 0.25) is 0 Å². The summed E-state index contributed by atoms with van der Waals surface area (Å²) in [6.45, 7) is 6.80. The van der Waals surface area contributed by atoms with E-state index >= 15 is 0 Å². The molecule has 0 spiro atoms. The zero-order valence-electron chi connectivity index (χ0n) is 10.8. The molecule has 0 aliphatic carbocycles. The van der Waals surface area contributed by atoms with Crippen LogP contribution in [0.3, 0.4) is 0 Å². The number of nitrogens with one attached hydrogen (secondary N) is 1. The van der Waals surface area contributed by atoms with Crippen molar-refractivity contribution in [3.63, 3.8) is 0 Å². The van der Waals surface area contributed by atoms with Crippen molar-refractivity contribution >= 4 is 23.0 Å². The number of nitrogens with zero attached hydrogens (tertiary/aromatic N) is 3. The molecule has 0 radical (unpaired) electrons. The van der Waals surface area contributed by atoms with Gasteiger partial charge in [-0.15, -0.1) is 11.3 Å². The summed E-state index contributed by atoms with van der Waals surface area (Å²) < 4.78 is 0. The lowest BCUT2D eigenvalue weighted by atomic mass is 10.0. The highest BCUT2D eigenvalue weighted by molar-refractivity contribution is 7.09. The topological polar surface area (TPSA) is 76.7 Å². The van der Waals surface area contributed by atoms with Crippen LogP contribution in [0.2, 0.25) is 0 Å². The zero-order chi connectivity index (χ0) is 13.1. The lowest BCUT2D eigenvalue weighted by Crippen LogP contribution is -2.09. The summed E-state index contributed by atoms with van der Waals surface area (Å²) in [7, 11) is 0. The Morgan fingerprint density at radius 1 is 1.39 bits per heavy atom. The lowest BCUT2D eigenvalue weighted by molar-refractivity contribution is 0.848.